The Morgan fingerprint density at radius 2 is 2.45 bits per heavy atom. The Hall–Kier alpha value is -1.23. The number of hydrogen-bond acceptors (Lipinski definition) is 4. The summed E-state index contributed by atoms with van der Waals surface area (Å²) in [4.78, 5) is 15.1. The summed E-state index contributed by atoms with van der Waals surface area (Å²) in [5, 5.41) is 5.80. The summed E-state index contributed by atoms with van der Waals surface area (Å²) in [7, 11) is 0. The second-order valence-electron chi connectivity index (χ2n) is 2.17. The first-order chi connectivity index (χ1) is 5.27. The molecule has 0 saturated heterocycles. The molecule has 2 aromatic rings. The van der Waals surface area contributed by atoms with E-state index in [0.717, 1.165) is 5.69 Å². The topological polar surface area (TPSA) is 47.3 Å². The lowest BCUT2D eigenvalue weighted by atomic mass is 10.6. The zero-order valence-electron chi connectivity index (χ0n) is 5.81. The highest BCUT2D eigenvalue weighted by atomic mass is 32.1. The minimum absolute atomic E-state index is 0.285. The van der Waals surface area contributed by atoms with Gasteiger partial charge in [0.2, 0.25) is 4.96 Å². The number of aromatic nitrogens is 3. The standard InChI is InChI=1S/C6H5N3OS/c1-4-3-11-6-8-5(10)2-7-9(4)6/h2-3H,1H3. The molecule has 5 heteroatoms. The van der Waals surface area contributed by atoms with Crippen molar-refractivity contribution in [3.63, 3.8) is 0 Å². The van der Waals surface area contributed by atoms with E-state index in [9.17, 15) is 4.79 Å². The summed E-state index contributed by atoms with van der Waals surface area (Å²) >= 11 is 1.42. The van der Waals surface area contributed by atoms with Crippen LogP contribution in [0.4, 0.5) is 0 Å². The maximum absolute atomic E-state index is 10.7. The number of fused-ring (bicyclic) bond motifs is 1. The molecular formula is C6H5N3OS. The van der Waals surface area contributed by atoms with Crippen LogP contribution in [0.1, 0.15) is 5.69 Å². The first-order valence-electron chi connectivity index (χ1n) is 3.07. The summed E-state index contributed by atoms with van der Waals surface area (Å²) in [6.07, 6.45) is 1.21. The van der Waals surface area contributed by atoms with Gasteiger partial charge in [0.25, 0.3) is 5.56 Å². The third kappa shape index (κ3) is 0.932. The highest BCUT2D eigenvalue weighted by molar-refractivity contribution is 7.15. The molecule has 0 aromatic carbocycles. The van der Waals surface area contributed by atoms with Crippen LogP contribution < -0.4 is 5.56 Å². The van der Waals surface area contributed by atoms with Crippen LogP contribution in [-0.2, 0) is 0 Å². The predicted molar refractivity (Wildman–Crippen MR) is 41.9 cm³/mol. The average molecular weight is 167 g/mol. The number of nitrogens with zero attached hydrogens (tertiary/aromatic N) is 3. The molecule has 56 valence electrons. The van der Waals surface area contributed by atoms with E-state index in [0.29, 0.717) is 4.96 Å². The molecule has 2 heterocycles. The largest absolute Gasteiger partial charge is 0.292 e. The molecule has 0 aliphatic carbocycles. The van der Waals surface area contributed by atoms with Crippen molar-refractivity contribution in [1.82, 2.24) is 14.6 Å². The second-order valence-corrected chi connectivity index (χ2v) is 3.00. The lowest BCUT2D eigenvalue weighted by Crippen LogP contribution is -2.08. The molecule has 0 aliphatic heterocycles. The predicted octanol–water partition coefficient (Wildman–Crippen LogP) is 0.459. The monoisotopic (exact) mass is 167 g/mol. The molecule has 0 fully saturated rings. The average Bonchev–Trinajstić information content (AvgIpc) is 2.32. The van der Waals surface area contributed by atoms with Gasteiger partial charge >= 0.3 is 0 Å². The van der Waals surface area contributed by atoms with E-state index in [2.05, 4.69) is 10.1 Å². The van der Waals surface area contributed by atoms with Crippen LogP contribution in [0.2, 0.25) is 0 Å². The van der Waals surface area contributed by atoms with Crippen LogP contribution in [-0.4, -0.2) is 14.6 Å². The van der Waals surface area contributed by atoms with Crippen molar-refractivity contribution < 1.29 is 0 Å². The van der Waals surface area contributed by atoms with Gasteiger partial charge in [-0.3, -0.25) is 4.79 Å². The van der Waals surface area contributed by atoms with E-state index >= 15 is 0 Å². The fourth-order valence-electron chi connectivity index (χ4n) is 0.833. The molecule has 0 atom stereocenters. The smallest absolute Gasteiger partial charge is 0.266 e. The molecule has 4 nitrogen and oxygen atoms in total. The van der Waals surface area contributed by atoms with Crippen molar-refractivity contribution in [2.45, 2.75) is 6.92 Å². The van der Waals surface area contributed by atoms with Gasteiger partial charge in [-0.15, -0.1) is 11.3 Å². The van der Waals surface area contributed by atoms with Crippen LogP contribution in [0.25, 0.3) is 4.96 Å². The van der Waals surface area contributed by atoms with Crippen LogP contribution in [0, 0.1) is 6.92 Å². The Balaban J connectivity index is 2.96. The van der Waals surface area contributed by atoms with E-state index in [-0.39, 0.29) is 5.56 Å². The number of aryl methyl sites for hydroxylation is 1. The highest BCUT2D eigenvalue weighted by Crippen LogP contribution is 2.08. The Morgan fingerprint density at radius 3 is 3.27 bits per heavy atom. The molecule has 0 aliphatic rings. The molecule has 2 rings (SSSR count). The lowest BCUT2D eigenvalue weighted by Gasteiger charge is -1.89. The zero-order valence-corrected chi connectivity index (χ0v) is 6.63. The van der Waals surface area contributed by atoms with E-state index in [1.54, 1.807) is 4.52 Å². The maximum atomic E-state index is 10.7. The summed E-state index contributed by atoms with van der Waals surface area (Å²) in [6, 6.07) is 0. The van der Waals surface area contributed by atoms with E-state index in [1.807, 2.05) is 12.3 Å². The van der Waals surface area contributed by atoms with Crippen molar-refractivity contribution >= 4 is 16.3 Å². The van der Waals surface area contributed by atoms with Crippen LogP contribution in [0.5, 0.6) is 0 Å². The molecule has 0 spiro atoms. The Labute approximate surface area is 66.1 Å². The molecule has 0 bridgehead atoms. The Bertz CT molecular complexity index is 444. The zero-order chi connectivity index (χ0) is 7.84. The van der Waals surface area contributed by atoms with Gasteiger partial charge in [-0.25, -0.2) is 4.52 Å². The first-order valence-corrected chi connectivity index (χ1v) is 3.95. The molecule has 0 saturated carbocycles. The summed E-state index contributed by atoms with van der Waals surface area (Å²) in [5.41, 5.74) is 0.712. The van der Waals surface area contributed by atoms with Gasteiger partial charge in [0.15, 0.2) is 0 Å². The van der Waals surface area contributed by atoms with Gasteiger partial charge in [-0.2, -0.15) is 10.1 Å². The summed E-state index contributed by atoms with van der Waals surface area (Å²) < 4.78 is 1.64. The van der Waals surface area contributed by atoms with Crippen molar-refractivity contribution in [2.75, 3.05) is 0 Å². The van der Waals surface area contributed by atoms with Gasteiger partial charge in [-0.1, -0.05) is 0 Å². The minimum Gasteiger partial charge on any atom is -0.266 e. The Kier molecular flexibility index (Phi) is 1.25. The van der Waals surface area contributed by atoms with Crippen molar-refractivity contribution in [3.05, 3.63) is 27.6 Å². The molecule has 2 aromatic heterocycles. The first kappa shape index (κ1) is 6.48. The van der Waals surface area contributed by atoms with Crippen molar-refractivity contribution in [1.29, 1.82) is 0 Å². The van der Waals surface area contributed by atoms with Gasteiger partial charge in [0.1, 0.15) is 6.20 Å². The van der Waals surface area contributed by atoms with Crippen molar-refractivity contribution in [2.24, 2.45) is 0 Å². The van der Waals surface area contributed by atoms with E-state index in [4.69, 9.17) is 0 Å². The third-order valence-electron chi connectivity index (χ3n) is 1.34. The SMILES string of the molecule is Cc1csc2nc(=O)cnn12. The lowest BCUT2D eigenvalue weighted by molar-refractivity contribution is 0.867. The molecular weight excluding hydrogens is 162 g/mol. The summed E-state index contributed by atoms with van der Waals surface area (Å²) in [6.45, 7) is 1.92. The van der Waals surface area contributed by atoms with Gasteiger partial charge in [-0.05, 0) is 6.92 Å². The van der Waals surface area contributed by atoms with Gasteiger partial charge < -0.3 is 0 Å². The molecule has 0 amide bonds. The van der Waals surface area contributed by atoms with Crippen LogP contribution in [0.15, 0.2) is 16.4 Å². The number of thiazole rings is 1. The second kappa shape index (κ2) is 2.13. The summed E-state index contributed by atoms with van der Waals surface area (Å²) in [5.74, 6) is 0. The van der Waals surface area contributed by atoms with Gasteiger partial charge in [0, 0.05) is 5.38 Å². The maximum Gasteiger partial charge on any atom is 0.292 e. The number of rotatable bonds is 0. The fraction of sp³-hybridized carbons (Fsp3) is 0.167. The van der Waals surface area contributed by atoms with Gasteiger partial charge in [0.05, 0.1) is 5.69 Å². The molecule has 0 radical (unpaired) electrons. The molecule has 0 unspecified atom stereocenters. The van der Waals surface area contributed by atoms with E-state index < -0.39 is 0 Å². The van der Waals surface area contributed by atoms with Crippen LogP contribution >= 0.6 is 11.3 Å². The fourth-order valence-corrected chi connectivity index (χ4v) is 1.64. The Morgan fingerprint density at radius 1 is 1.64 bits per heavy atom. The quantitative estimate of drug-likeness (QED) is 0.572. The molecule has 11 heavy (non-hydrogen) atoms. The minimum atomic E-state index is -0.285. The highest BCUT2D eigenvalue weighted by Gasteiger charge is 1.98. The van der Waals surface area contributed by atoms with E-state index in [1.165, 1.54) is 17.5 Å². The third-order valence-corrected chi connectivity index (χ3v) is 2.27. The molecule has 0 N–H and O–H groups in total. The number of hydrogen-bond donors (Lipinski definition) is 0. The van der Waals surface area contributed by atoms with Crippen LogP contribution in [0.3, 0.4) is 0 Å². The van der Waals surface area contributed by atoms with Crippen molar-refractivity contribution in [3.8, 4) is 0 Å². The normalized spacial score (nSPS) is 10.6.